The van der Waals surface area contributed by atoms with Crippen molar-refractivity contribution in [1.29, 1.82) is 0 Å². The molecule has 2 rings (SSSR count). The Morgan fingerprint density at radius 3 is 2.05 bits per heavy atom. The molecule has 21 heavy (non-hydrogen) atoms. The highest BCUT2D eigenvalue weighted by Gasteiger charge is 2.39. The molecule has 3 heteroatoms. The summed E-state index contributed by atoms with van der Waals surface area (Å²) in [5.41, 5.74) is 2.91. The molecule has 0 unspecified atom stereocenters. The van der Waals surface area contributed by atoms with Crippen LogP contribution in [0.5, 0.6) is 0 Å². The summed E-state index contributed by atoms with van der Waals surface area (Å²) in [5, 5.41) is 0.259. The van der Waals surface area contributed by atoms with Gasteiger partial charge in [-0.25, -0.2) is 0 Å². The monoisotopic (exact) mass is 306 g/mol. The normalized spacial score (nSPS) is 25.6. The number of allylic oxidation sites excluding steroid dienone is 4. The maximum Gasteiger partial charge on any atom is 0.192 e. The Balaban J connectivity index is 2.18. The Bertz CT molecular complexity index is 466. The van der Waals surface area contributed by atoms with Gasteiger partial charge in [-0.05, 0) is 35.7 Å². The summed E-state index contributed by atoms with van der Waals surface area (Å²) in [7, 11) is 0.0881. The third-order valence-electron chi connectivity index (χ3n) is 5.31. The van der Waals surface area contributed by atoms with Crippen LogP contribution in [0.1, 0.15) is 27.2 Å². The van der Waals surface area contributed by atoms with Crippen LogP contribution in [0.4, 0.5) is 0 Å². The molecule has 2 aliphatic rings. The van der Waals surface area contributed by atoms with Crippen LogP contribution < -0.4 is 0 Å². The van der Waals surface area contributed by atoms with Crippen molar-refractivity contribution < 1.29 is 9.16 Å². The molecule has 2 atom stereocenters. The minimum absolute atomic E-state index is 0.259. The van der Waals surface area contributed by atoms with Gasteiger partial charge >= 0.3 is 0 Å². The van der Waals surface area contributed by atoms with Crippen LogP contribution in [0.2, 0.25) is 18.1 Å². The van der Waals surface area contributed by atoms with Crippen molar-refractivity contribution >= 4 is 8.32 Å². The van der Waals surface area contributed by atoms with Gasteiger partial charge in [-0.1, -0.05) is 45.1 Å². The molecule has 0 spiro atoms. The van der Waals surface area contributed by atoms with E-state index in [1.807, 2.05) is 0 Å². The lowest BCUT2D eigenvalue weighted by Gasteiger charge is -2.36. The molecule has 0 aliphatic heterocycles. The first kappa shape index (κ1) is 16.7. The quantitative estimate of drug-likeness (QED) is 0.541. The molecular formula is C18H30O2Si. The molecule has 0 heterocycles. The molecule has 0 saturated heterocycles. The Kier molecular flexibility index (Phi) is 4.96. The first-order valence-electron chi connectivity index (χ1n) is 7.96. The van der Waals surface area contributed by atoms with E-state index in [0.29, 0.717) is 11.8 Å². The Morgan fingerprint density at radius 2 is 1.57 bits per heavy atom. The average Bonchev–Trinajstić information content (AvgIpc) is 2.55. The van der Waals surface area contributed by atoms with E-state index in [1.165, 1.54) is 17.6 Å². The zero-order valence-corrected chi connectivity index (χ0v) is 15.4. The predicted octanol–water partition coefficient (Wildman–Crippen LogP) is 4.71. The average molecular weight is 307 g/mol. The summed E-state index contributed by atoms with van der Waals surface area (Å²) in [4.78, 5) is 0. The van der Waals surface area contributed by atoms with Gasteiger partial charge < -0.3 is 9.16 Å². The molecule has 0 N–H and O–H groups in total. The van der Waals surface area contributed by atoms with E-state index in [2.05, 4.69) is 58.2 Å². The number of rotatable bonds is 5. The van der Waals surface area contributed by atoms with Gasteiger partial charge in [-0.3, -0.25) is 0 Å². The number of fused-ring (bicyclic) bond motifs is 2. The lowest BCUT2D eigenvalue weighted by atomic mass is 10.0. The number of ether oxygens (including phenoxy) is 1. The maximum absolute atomic E-state index is 6.47. The van der Waals surface area contributed by atoms with Gasteiger partial charge in [-0.15, -0.1) is 0 Å². The zero-order chi connectivity index (χ0) is 15.7. The van der Waals surface area contributed by atoms with Crippen molar-refractivity contribution in [2.24, 2.45) is 11.8 Å². The Hall–Kier alpha value is -0.643. The first-order chi connectivity index (χ1) is 9.76. The molecule has 0 aromatic heterocycles. The van der Waals surface area contributed by atoms with Crippen molar-refractivity contribution in [1.82, 2.24) is 0 Å². The van der Waals surface area contributed by atoms with Crippen molar-refractivity contribution in [2.45, 2.75) is 45.3 Å². The van der Waals surface area contributed by atoms with Crippen molar-refractivity contribution in [3.8, 4) is 0 Å². The Labute approximate surface area is 131 Å². The van der Waals surface area contributed by atoms with Crippen LogP contribution in [0.25, 0.3) is 0 Å². The van der Waals surface area contributed by atoms with Crippen LogP contribution in [0, 0.1) is 11.8 Å². The summed E-state index contributed by atoms with van der Waals surface area (Å²) in [6.07, 6.45) is 10.2. The highest BCUT2D eigenvalue weighted by Crippen LogP contribution is 2.42. The SMILES string of the molecule is COCC1=C(CO[Si](C)(C)C(C)(C)C)[C@@H]2C=CC=C[C@H]1C2. The molecular weight excluding hydrogens is 276 g/mol. The van der Waals surface area contributed by atoms with Gasteiger partial charge in [0.1, 0.15) is 0 Å². The van der Waals surface area contributed by atoms with Gasteiger partial charge in [-0.2, -0.15) is 0 Å². The second-order valence-corrected chi connectivity index (χ2v) is 12.6. The van der Waals surface area contributed by atoms with E-state index in [9.17, 15) is 0 Å². The van der Waals surface area contributed by atoms with E-state index in [-0.39, 0.29) is 5.04 Å². The van der Waals surface area contributed by atoms with Crippen molar-refractivity contribution in [2.75, 3.05) is 20.3 Å². The lowest BCUT2D eigenvalue weighted by molar-refractivity contribution is 0.218. The minimum Gasteiger partial charge on any atom is -0.413 e. The van der Waals surface area contributed by atoms with E-state index >= 15 is 0 Å². The molecule has 0 amide bonds. The fraction of sp³-hybridized carbons (Fsp3) is 0.667. The third-order valence-corrected chi connectivity index (χ3v) is 9.79. The van der Waals surface area contributed by atoms with Crippen molar-refractivity contribution in [3.63, 3.8) is 0 Å². The molecule has 2 nitrogen and oxygen atoms in total. The summed E-state index contributed by atoms with van der Waals surface area (Å²) < 4.78 is 11.9. The standard InChI is InChI=1S/C18H30O2Si/c1-18(2,3)21(5,6)20-13-17-15-10-8-7-9-14(11-15)16(17)12-19-4/h7-10,14-15H,11-13H2,1-6H3/t14-,15+/m0/s1. The summed E-state index contributed by atoms with van der Waals surface area (Å²) in [6, 6.07) is 0. The predicted molar refractivity (Wildman–Crippen MR) is 91.9 cm³/mol. The van der Waals surface area contributed by atoms with E-state index in [4.69, 9.17) is 9.16 Å². The molecule has 0 aromatic rings. The molecule has 0 fully saturated rings. The van der Waals surface area contributed by atoms with Crippen LogP contribution in [-0.4, -0.2) is 28.6 Å². The topological polar surface area (TPSA) is 18.5 Å². The molecule has 0 radical (unpaired) electrons. The fourth-order valence-corrected chi connectivity index (χ4v) is 3.80. The number of hydrogen-bond acceptors (Lipinski definition) is 2. The maximum atomic E-state index is 6.47. The van der Waals surface area contributed by atoms with Crippen LogP contribution in [0.3, 0.4) is 0 Å². The third kappa shape index (κ3) is 3.58. The highest BCUT2D eigenvalue weighted by atomic mass is 28.4. The van der Waals surface area contributed by atoms with Crippen LogP contribution in [-0.2, 0) is 9.16 Å². The van der Waals surface area contributed by atoms with Gasteiger partial charge in [0, 0.05) is 18.9 Å². The smallest absolute Gasteiger partial charge is 0.192 e. The second kappa shape index (κ2) is 6.23. The first-order valence-corrected chi connectivity index (χ1v) is 10.9. The van der Waals surface area contributed by atoms with Crippen LogP contribution >= 0.6 is 0 Å². The van der Waals surface area contributed by atoms with Gasteiger partial charge in [0.15, 0.2) is 8.32 Å². The van der Waals surface area contributed by atoms with Gasteiger partial charge in [0.05, 0.1) is 13.2 Å². The van der Waals surface area contributed by atoms with E-state index in [0.717, 1.165) is 13.2 Å². The summed E-state index contributed by atoms with van der Waals surface area (Å²) in [5.74, 6) is 1.06. The summed E-state index contributed by atoms with van der Waals surface area (Å²) in [6.45, 7) is 13.0. The number of methoxy groups -OCH3 is 1. The zero-order valence-electron chi connectivity index (χ0n) is 14.4. The fourth-order valence-electron chi connectivity index (χ4n) is 2.85. The van der Waals surface area contributed by atoms with Crippen molar-refractivity contribution in [3.05, 3.63) is 35.5 Å². The molecule has 2 bridgehead atoms. The molecule has 0 saturated carbocycles. The lowest BCUT2D eigenvalue weighted by Crippen LogP contribution is -2.41. The number of hydrogen-bond donors (Lipinski definition) is 0. The highest BCUT2D eigenvalue weighted by molar-refractivity contribution is 6.74. The largest absolute Gasteiger partial charge is 0.413 e. The Morgan fingerprint density at radius 1 is 1.05 bits per heavy atom. The van der Waals surface area contributed by atoms with Gasteiger partial charge in [0.25, 0.3) is 0 Å². The minimum atomic E-state index is -1.70. The molecule has 2 aliphatic carbocycles. The van der Waals surface area contributed by atoms with Gasteiger partial charge in [0.2, 0.25) is 0 Å². The van der Waals surface area contributed by atoms with E-state index in [1.54, 1.807) is 7.11 Å². The molecule has 0 aromatic carbocycles. The summed E-state index contributed by atoms with van der Waals surface area (Å²) >= 11 is 0. The van der Waals surface area contributed by atoms with E-state index < -0.39 is 8.32 Å². The van der Waals surface area contributed by atoms with Crippen LogP contribution in [0.15, 0.2) is 35.5 Å². The molecule has 118 valence electrons. The second-order valence-electron chi connectivity index (χ2n) is 7.75.